The van der Waals surface area contributed by atoms with E-state index in [9.17, 15) is 4.39 Å². The summed E-state index contributed by atoms with van der Waals surface area (Å²) in [5.74, 6) is -0.204. The topological polar surface area (TPSA) is 26.0 Å². The molecule has 0 spiro atoms. The Balaban J connectivity index is 2.59. The van der Waals surface area contributed by atoms with Crippen LogP contribution in [-0.2, 0) is 5.41 Å². The van der Waals surface area contributed by atoms with Crippen molar-refractivity contribution >= 4 is 0 Å². The summed E-state index contributed by atoms with van der Waals surface area (Å²) in [6, 6.07) is 11.1. The van der Waals surface area contributed by atoms with Crippen molar-refractivity contribution in [2.75, 3.05) is 0 Å². The van der Waals surface area contributed by atoms with Gasteiger partial charge in [0.2, 0.25) is 0 Å². The molecule has 0 fully saturated rings. The van der Waals surface area contributed by atoms with Gasteiger partial charge in [0.05, 0.1) is 6.04 Å². The molecule has 0 saturated heterocycles. The molecule has 1 unspecified atom stereocenters. The highest BCUT2D eigenvalue weighted by Crippen LogP contribution is 2.33. The molecule has 2 heteroatoms. The average molecular weight is 285 g/mol. The molecule has 0 bridgehead atoms. The second-order valence-electron chi connectivity index (χ2n) is 6.77. The zero-order valence-electron chi connectivity index (χ0n) is 13.5. The van der Waals surface area contributed by atoms with Crippen LogP contribution in [0.15, 0.2) is 36.4 Å². The Kier molecular flexibility index (Phi) is 4.20. The Morgan fingerprint density at radius 1 is 1.00 bits per heavy atom. The fourth-order valence-corrected chi connectivity index (χ4v) is 3.02. The standard InChI is InChI=1S/C19H24FN/c1-12-10-14(20)11-13(2)17(12)18(21)15-8-6-7-9-16(15)19(3,4)5/h6-11,18H,21H2,1-5H3. The van der Waals surface area contributed by atoms with Gasteiger partial charge in [0.1, 0.15) is 5.82 Å². The molecule has 2 aromatic carbocycles. The molecule has 0 amide bonds. The van der Waals surface area contributed by atoms with Gasteiger partial charge in [-0.2, -0.15) is 0 Å². The first-order valence-electron chi connectivity index (χ1n) is 7.33. The van der Waals surface area contributed by atoms with Gasteiger partial charge in [-0.25, -0.2) is 4.39 Å². The summed E-state index contributed by atoms with van der Waals surface area (Å²) < 4.78 is 13.5. The molecule has 2 rings (SSSR count). The third-order valence-electron chi connectivity index (χ3n) is 3.97. The first-order chi connectivity index (χ1) is 9.71. The van der Waals surface area contributed by atoms with Crippen LogP contribution in [0.4, 0.5) is 4.39 Å². The minimum absolute atomic E-state index is 0.0239. The maximum atomic E-state index is 13.5. The SMILES string of the molecule is Cc1cc(F)cc(C)c1C(N)c1ccccc1C(C)(C)C. The summed E-state index contributed by atoms with van der Waals surface area (Å²) in [7, 11) is 0. The fraction of sp³-hybridized carbons (Fsp3) is 0.368. The predicted octanol–water partition coefficient (Wildman–Crippen LogP) is 4.79. The molecule has 0 saturated carbocycles. The van der Waals surface area contributed by atoms with Crippen LogP contribution in [0.5, 0.6) is 0 Å². The lowest BCUT2D eigenvalue weighted by molar-refractivity contribution is 0.577. The molecule has 0 heterocycles. The Hall–Kier alpha value is -1.67. The highest BCUT2D eigenvalue weighted by atomic mass is 19.1. The number of rotatable bonds is 2. The van der Waals surface area contributed by atoms with E-state index >= 15 is 0 Å². The number of aryl methyl sites for hydroxylation is 2. The van der Waals surface area contributed by atoms with Crippen LogP contribution in [0.1, 0.15) is 54.6 Å². The van der Waals surface area contributed by atoms with E-state index in [4.69, 9.17) is 5.73 Å². The van der Waals surface area contributed by atoms with E-state index in [2.05, 4.69) is 32.9 Å². The smallest absolute Gasteiger partial charge is 0.123 e. The Labute approximate surface area is 127 Å². The molecular weight excluding hydrogens is 261 g/mol. The summed E-state index contributed by atoms with van der Waals surface area (Å²) in [5, 5.41) is 0. The van der Waals surface area contributed by atoms with Crippen molar-refractivity contribution in [2.45, 2.75) is 46.1 Å². The van der Waals surface area contributed by atoms with Crippen molar-refractivity contribution in [3.05, 3.63) is 70.0 Å². The van der Waals surface area contributed by atoms with Crippen molar-refractivity contribution < 1.29 is 4.39 Å². The average Bonchev–Trinajstić information content (AvgIpc) is 2.36. The van der Waals surface area contributed by atoms with Crippen molar-refractivity contribution in [1.29, 1.82) is 0 Å². The van der Waals surface area contributed by atoms with Crippen molar-refractivity contribution in [2.24, 2.45) is 5.73 Å². The molecule has 0 aliphatic carbocycles. The minimum atomic E-state index is -0.235. The first-order valence-corrected chi connectivity index (χ1v) is 7.33. The molecule has 2 aromatic rings. The van der Waals surface area contributed by atoms with Gasteiger partial charge in [0.25, 0.3) is 0 Å². The van der Waals surface area contributed by atoms with E-state index in [0.29, 0.717) is 0 Å². The summed E-state index contributed by atoms with van der Waals surface area (Å²) in [5.41, 5.74) is 11.8. The van der Waals surface area contributed by atoms with E-state index in [1.165, 1.54) is 5.56 Å². The van der Waals surface area contributed by atoms with Gasteiger partial charge in [0, 0.05) is 0 Å². The maximum Gasteiger partial charge on any atom is 0.123 e. The highest BCUT2D eigenvalue weighted by molar-refractivity contribution is 5.46. The van der Waals surface area contributed by atoms with Crippen molar-refractivity contribution in [3.8, 4) is 0 Å². The van der Waals surface area contributed by atoms with Gasteiger partial charge in [-0.3, -0.25) is 0 Å². The zero-order chi connectivity index (χ0) is 15.8. The molecule has 1 atom stereocenters. The van der Waals surface area contributed by atoms with E-state index < -0.39 is 0 Å². The number of nitrogens with two attached hydrogens (primary N) is 1. The monoisotopic (exact) mass is 285 g/mol. The van der Waals surface area contributed by atoms with E-state index in [1.54, 1.807) is 12.1 Å². The fourth-order valence-electron chi connectivity index (χ4n) is 3.02. The largest absolute Gasteiger partial charge is 0.320 e. The van der Waals surface area contributed by atoms with Gasteiger partial charge in [0.15, 0.2) is 0 Å². The lowest BCUT2D eigenvalue weighted by Crippen LogP contribution is -2.22. The molecule has 0 radical (unpaired) electrons. The molecule has 2 N–H and O–H groups in total. The van der Waals surface area contributed by atoms with E-state index in [1.807, 2.05) is 26.0 Å². The minimum Gasteiger partial charge on any atom is -0.320 e. The lowest BCUT2D eigenvalue weighted by Gasteiger charge is -2.27. The van der Waals surface area contributed by atoms with Gasteiger partial charge in [-0.15, -0.1) is 0 Å². The second-order valence-corrected chi connectivity index (χ2v) is 6.77. The Bertz CT molecular complexity index is 630. The molecule has 112 valence electrons. The number of halogens is 1. The molecule has 0 aliphatic heterocycles. The highest BCUT2D eigenvalue weighted by Gasteiger charge is 2.23. The van der Waals surface area contributed by atoms with Gasteiger partial charge in [-0.05, 0) is 59.2 Å². The number of hydrogen-bond acceptors (Lipinski definition) is 1. The molecule has 0 aromatic heterocycles. The third-order valence-corrected chi connectivity index (χ3v) is 3.97. The van der Waals surface area contributed by atoms with Gasteiger partial charge in [-0.1, -0.05) is 45.0 Å². The van der Waals surface area contributed by atoms with Gasteiger partial charge < -0.3 is 5.73 Å². The molecular formula is C19H24FN. The quantitative estimate of drug-likeness (QED) is 0.843. The van der Waals surface area contributed by atoms with Crippen LogP contribution in [0.2, 0.25) is 0 Å². The van der Waals surface area contributed by atoms with Crippen LogP contribution in [0.25, 0.3) is 0 Å². The van der Waals surface area contributed by atoms with Gasteiger partial charge >= 0.3 is 0 Å². The van der Waals surface area contributed by atoms with Crippen LogP contribution < -0.4 is 5.73 Å². The van der Waals surface area contributed by atoms with Crippen LogP contribution >= 0.6 is 0 Å². The number of hydrogen-bond donors (Lipinski definition) is 1. The van der Waals surface area contributed by atoms with Crippen LogP contribution in [0, 0.1) is 19.7 Å². The lowest BCUT2D eigenvalue weighted by atomic mass is 9.79. The predicted molar refractivity (Wildman–Crippen MR) is 87.0 cm³/mol. The van der Waals surface area contributed by atoms with Crippen molar-refractivity contribution in [1.82, 2.24) is 0 Å². The molecule has 1 nitrogen and oxygen atoms in total. The molecule has 0 aliphatic rings. The normalized spacial score (nSPS) is 13.3. The van der Waals surface area contributed by atoms with E-state index in [-0.39, 0.29) is 17.3 Å². The summed E-state index contributed by atoms with van der Waals surface area (Å²) >= 11 is 0. The Morgan fingerprint density at radius 2 is 1.52 bits per heavy atom. The Morgan fingerprint density at radius 3 is 2.05 bits per heavy atom. The second kappa shape index (κ2) is 5.61. The first kappa shape index (κ1) is 15.7. The third kappa shape index (κ3) is 3.16. The maximum absolute atomic E-state index is 13.5. The summed E-state index contributed by atoms with van der Waals surface area (Å²) in [6.07, 6.45) is 0. The zero-order valence-corrected chi connectivity index (χ0v) is 13.5. The van der Waals surface area contributed by atoms with E-state index in [0.717, 1.165) is 22.3 Å². The molecule has 21 heavy (non-hydrogen) atoms. The number of benzene rings is 2. The summed E-state index contributed by atoms with van der Waals surface area (Å²) in [6.45, 7) is 10.4. The van der Waals surface area contributed by atoms with Crippen LogP contribution in [0.3, 0.4) is 0 Å². The summed E-state index contributed by atoms with van der Waals surface area (Å²) in [4.78, 5) is 0. The van der Waals surface area contributed by atoms with Crippen molar-refractivity contribution in [3.63, 3.8) is 0 Å². The van der Waals surface area contributed by atoms with Crippen LogP contribution in [-0.4, -0.2) is 0 Å².